The van der Waals surface area contributed by atoms with Crippen LogP contribution in [0.2, 0.25) is 0 Å². The zero-order valence-electron chi connectivity index (χ0n) is 10.1. The maximum atomic E-state index is 13.6. The Balaban J connectivity index is 2.48. The molecule has 2 aromatic rings. The summed E-state index contributed by atoms with van der Waals surface area (Å²) in [5, 5.41) is 11.2. The van der Waals surface area contributed by atoms with Crippen molar-refractivity contribution in [2.75, 3.05) is 7.05 Å². The van der Waals surface area contributed by atoms with Crippen LogP contribution in [0.15, 0.2) is 24.3 Å². The Labute approximate surface area is 99.5 Å². The van der Waals surface area contributed by atoms with Crippen molar-refractivity contribution in [1.29, 1.82) is 0 Å². The maximum Gasteiger partial charge on any atom is 0.148 e. The van der Waals surface area contributed by atoms with E-state index in [0.29, 0.717) is 5.69 Å². The van der Waals surface area contributed by atoms with Gasteiger partial charge in [0.2, 0.25) is 0 Å². The van der Waals surface area contributed by atoms with Crippen molar-refractivity contribution in [3.8, 4) is 5.69 Å². The molecule has 0 spiro atoms. The molecular formula is C12H15FN4. The molecule has 0 aliphatic rings. The summed E-state index contributed by atoms with van der Waals surface area (Å²) in [4.78, 5) is 0. The highest BCUT2D eigenvalue weighted by Crippen LogP contribution is 2.18. The first-order valence-corrected chi connectivity index (χ1v) is 5.49. The van der Waals surface area contributed by atoms with E-state index in [1.165, 1.54) is 10.7 Å². The molecule has 0 aliphatic carbocycles. The first-order chi connectivity index (χ1) is 8.15. The van der Waals surface area contributed by atoms with Crippen LogP contribution in [0.1, 0.15) is 24.4 Å². The van der Waals surface area contributed by atoms with Crippen LogP contribution in [-0.2, 0) is 0 Å². The fourth-order valence-corrected chi connectivity index (χ4v) is 1.73. The van der Waals surface area contributed by atoms with E-state index in [-0.39, 0.29) is 11.9 Å². The van der Waals surface area contributed by atoms with E-state index in [0.717, 1.165) is 11.4 Å². The van der Waals surface area contributed by atoms with Gasteiger partial charge >= 0.3 is 0 Å². The van der Waals surface area contributed by atoms with Crippen LogP contribution in [0.5, 0.6) is 0 Å². The summed E-state index contributed by atoms with van der Waals surface area (Å²) < 4.78 is 15.2. The van der Waals surface area contributed by atoms with Crippen molar-refractivity contribution in [3.05, 3.63) is 41.5 Å². The van der Waals surface area contributed by atoms with Gasteiger partial charge in [0.25, 0.3) is 0 Å². The summed E-state index contributed by atoms with van der Waals surface area (Å²) in [6, 6.07) is 6.63. The smallest absolute Gasteiger partial charge is 0.148 e. The molecule has 2 rings (SSSR count). The Kier molecular flexibility index (Phi) is 3.19. The van der Waals surface area contributed by atoms with Crippen LogP contribution in [-0.4, -0.2) is 22.0 Å². The molecule has 1 N–H and O–H groups in total. The van der Waals surface area contributed by atoms with Crippen molar-refractivity contribution >= 4 is 0 Å². The van der Waals surface area contributed by atoms with E-state index in [1.807, 2.05) is 20.9 Å². The number of aromatic nitrogens is 3. The second kappa shape index (κ2) is 4.63. The van der Waals surface area contributed by atoms with E-state index < -0.39 is 0 Å². The van der Waals surface area contributed by atoms with Gasteiger partial charge in [-0.25, -0.2) is 9.07 Å². The monoisotopic (exact) mass is 234 g/mol. The number of nitrogens with zero attached hydrogens (tertiary/aromatic N) is 3. The molecule has 1 aromatic heterocycles. The van der Waals surface area contributed by atoms with E-state index in [2.05, 4.69) is 15.6 Å². The number of rotatable bonds is 3. The molecule has 1 unspecified atom stereocenters. The third-order valence-corrected chi connectivity index (χ3v) is 2.85. The highest BCUT2D eigenvalue weighted by molar-refractivity contribution is 5.34. The number of hydrogen-bond acceptors (Lipinski definition) is 3. The second-order valence-corrected chi connectivity index (χ2v) is 3.93. The summed E-state index contributed by atoms with van der Waals surface area (Å²) in [6.45, 7) is 3.87. The number of halogens is 1. The predicted molar refractivity (Wildman–Crippen MR) is 63.5 cm³/mol. The lowest BCUT2D eigenvalue weighted by molar-refractivity contribution is 0.604. The molecule has 0 radical (unpaired) electrons. The van der Waals surface area contributed by atoms with Gasteiger partial charge in [-0.05, 0) is 33.0 Å². The van der Waals surface area contributed by atoms with Crippen molar-refractivity contribution in [1.82, 2.24) is 20.3 Å². The molecule has 0 bridgehead atoms. The molecule has 0 fully saturated rings. The minimum absolute atomic E-state index is 0.0931. The Bertz CT molecular complexity index is 521. The minimum atomic E-state index is -0.302. The second-order valence-electron chi connectivity index (χ2n) is 3.93. The van der Waals surface area contributed by atoms with Gasteiger partial charge in [0.05, 0.1) is 11.7 Å². The molecule has 0 amide bonds. The van der Waals surface area contributed by atoms with Crippen LogP contribution in [0, 0.1) is 12.7 Å². The summed E-state index contributed by atoms with van der Waals surface area (Å²) >= 11 is 0. The first kappa shape index (κ1) is 11.7. The summed E-state index contributed by atoms with van der Waals surface area (Å²) in [6.07, 6.45) is 0. The molecular weight excluding hydrogens is 219 g/mol. The zero-order chi connectivity index (χ0) is 12.4. The number of para-hydroxylation sites is 1. The van der Waals surface area contributed by atoms with Crippen molar-refractivity contribution in [2.45, 2.75) is 19.9 Å². The van der Waals surface area contributed by atoms with Crippen LogP contribution in [0.4, 0.5) is 4.39 Å². The highest BCUT2D eigenvalue weighted by atomic mass is 19.1. The minimum Gasteiger partial charge on any atom is -0.312 e. The van der Waals surface area contributed by atoms with Gasteiger partial charge in [-0.2, -0.15) is 0 Å². The predicted octanol–water partition coefficient (Wildman–Crippen LogP) is 2.00. The van der Waals surface area contributed by atoms with E-state index >= 15 is 0 Å². The summed E-state index contributed by atoms with van der Waals surface area (Å²) in [5.74, 6) is -0.302. The van der Waals surface area contributed by atoms with Crippen molar-refractivity contribution in [3.63, 3.8) is 0 Å². The van der Waals surface area contributed by atoms with Gasteiger partial charge in [0.15, 0.2) is 0 Å². The standard InChI is InChI=1S/C12H15FN4/c1-8(14-3)12-9(2)17(16-15-12)11-7-5-4-6-10(11)13/h4-8,14H,1-3H3. The number of benzene rings is 1. The van der Waals surface area contributed by atoms with Crippen LogP contribution in [0.3, 0.4) is 0 Å². The Morgan fingerprint density at radius 1 is 1.35 bits per heavy atom. The van der Waals surface area contributed by atoms with Gasteiger partial charge in [0.1, 0.15) is 17.2 Å². The molecule has 0 saturated heterocycles. The normalized spacial score (nSPS) is 12.7. The Hall–Kier alpha value is -1.75. The molecule has 17 heavy (non-hydrogen) atoms. The van der Waals surface area contributed by atoms with Gasteiger partial charge in [0, 0.05) is 0 Å². The SMILES string of the molecule is CNC(C)c1nnn(-c2ccccc2F)c1C. The lowest BCUT2D eigenvalue weighted by Gasteiger charge is -2.08. The third-order valence-electron chi connectivity index (χ3n) is 2.85. The van der Waals surface area contributed by atoms with E-state index in [4.69, 9.17) is 0 Å². The number of hydrogen-bond donors (Lipinski definition) is 1. The Morgan fingerprint density at radius 2 is 2.06 bits per heavy atom. The van der Waals surface area contributed by atoms with Crippen molar-refractivity contribution in [2.24, 2.45) is 0 Å². The average Bonchev–Trinajstić information content (AvgIpc) is 2.71. The zero-order valence-corrected chi connectivity index (χ0v) is 10.1. The third kappa shape index (κ3) is 2.06. The fourth-order valence-electron chi connectivity index (χ4n) is 1.73. The van der Waals surface area contributed by atoms with Gasteiger partial charge in [-0.15, -0.1) is 5.10 Å². The largest absolute Gasteiger partial charge is 0.312 e. The van der Waals surface area contributed by atoms with Gasteiger partial charge in [-0.3, -0.25) is 0 Å². The molecule has 0 aliphatic heterocycles. The lowest BCUT2D eigenvalue weighted by Crippen LogP contribution is -2.14. The highest BCUT2D eigenvalue weighted by Gasteiger charge is 2.16. The molecule has 5 heteroatoms. The van der Waals surface area contributed by atoms with Crippen LogP contribution in [0.25, 0.3) is 5.69 Å². The first-order valence-electron chi connectivity index (χ1n) is 5.49. The van der Waals surface area contributed by atoms with Crippen molar-refractivity contribution < 1.29 is 4.39 Å². The maximum absolute atomic E-state index is 13.6. The molecule has 1 aromatic carbocycles. The Morgan fingerprint density at radius 3 is 2.71 bits per heavy atom. The van der Waals surface area contributed by atoms with Crippen LogP contribution < -0.4 is 5.32 Å². The summed E-state index contributed by atoms with van der Waals surface area (Å²) in [7, 11) is 1.85. The van der Waals surface area contributed by atoms with E-state index in [1.54, 1.807) is 18.2 Å². The molecule has 90 valence electrons. The molecule has 1 heterocycles. The quantitative estimate of drug-likeness (QED) is 0.883. The molecule has 1 atom stereocenters. The van der Waals surface area contributed by atoms with Gasteiger partial charge in [-0.1, -0.05) is 17.3 Å². The van der Waals surface area contributed by atoms with Gasteiger partial charge < -0.3 is 5.32 Å². The van der Waals surface area contributed by atoms with Crippen LogP contribution >= 0.6 is 0 Å². The number of nitrogens with one attached hydrogen (secondary N) is 1. The molecule has 0 saturated carbocycles. The topological polar surface area (TPSA) is 42.7 Å². The fraction of sp³-hybridized carbons (Fsp3) is 0.333. The summed E-state index contributed by atoms with van der Waals surface area (Å²) in [5.41, 5.74) is 2.10. The van der Waals surface area contributed by atoms with E-state index in [9.17, 15) is 4.39 Å². The molecule has 4 nitrogen and oxygen atoms in total. The average molecular weight is 234 g/mol. The lowest BCUT2D eigenvalue weighted by atomic mass is 10.2.